The lowest BCUT2D eigenvalue weighted by Gasteiger charge is -2.04. The number of hydrogen-bond donors (Lipinski definition) is 2. The normalized spacial score (nSPS) is 9.69. The molecule has 0 aliphatic heterocycles. The zero-order chi connectivity index (χ0) is 9.68. The van der Waals surface area contributed by atoms with Crippen molar-refractivity contribution in [2.24, 2.45) is 0 Å². The number of carbonyl (C=O) groups is 1. The second-order valence-corrected chi connectivity index (χ2v) is 2.96. The quantitative estimate of drug-likeness (QED) is 0.729. The highest BCUT2D eigenvalue weighted by Gasteiger charge is 1.96. The third kappa shape index (κ3) is 3.44. The van der Waals surface area contributed by atoms with Crippen LogP contribution >= 0.6 is 11.8 Å². The number of rotatable bonds is 3. The summed E-state index contributed by atoms with van der Waals surface area (Å²) in [5.41, 5.74) is 1.82. The highest BCUT2D eigenvalue weighted by Crippen LogP contribution is 2.10. The van der Waals surface area contributed by atoms with Gasteiger partial charge in [-0.2, -0.15) is 0 Å². The average molecular weight is 199 g/mol. The minimum atomic E-state index is -0.0732. The molecule has 1 amide bonds. The largest absolute Gasteiger partial charge is 0.326 e. The smallest absolute Gasteiger partial charge is 0.221 e. The number of amides is 1. The Morgan fingerprint density at radius 3 is 2.92 bits per heavy atom. The van der Waals surface area contributed by atoms with Crippen LogP contribution in [0.25, 0.3) is 0 Å². The molecule has 2 N–H and O–H groups in total. The standard InChI is InChI=1S/C9H11ClN2O/c1-7(13)12-9-4-2-3-8(5-9)6-11-10/h2-5,11H,6H2,1H3,(H,12,13). The van der Waals surface area contributed by atoms with Gasteiger partial charge in [0, 0.05) is 19.2 Å². The molecule has 0 aliphatic carbocycles. The molecular weight excluding hydrogens is 188 g/mol. The van der Waals surface area contributed by atoms with Crippen LogP contribution in [0.15, 0.2) is 24.3 Å². The van der Waals surface area contributed by atoms with Gasteiger partial charge in [0.2, 0.25) is 5.91 Å². The van der Waals surface area contributed by atoms with Gasteiger partial charge in [-0.05, 0) is 29.5 Å². The Morgan fingerprint density at radius 2 is 2.31 bits per heavy atom. The fraction of sp³-hybridized carbons (Fsp3) is 0.222. The summed E-state index contributed by atoms with van der Waals surface area (Å²) in [6.45, 7) is 2.06. The van der Waals surface area contributed by atoms with E-state index in [9.17, 15) is 4.79 Å². The van der Waals surface area contributed by atoms with E-state index in [0.717, 1.165) is 11.3 Å². The molecule has 0 unspecified atom stereocenters. The van der Waals surface area contributed by atoms with Crippen molar-refractivity contribution >= 4 is 23.4 Å². The summed E-state index contributed by atoms with van der Waals surface area (Å²) in [7, 11) is 0. The van der Waals surface area contributed by atoms with Crippen LogP contribution in [0.5, 0.6) is 0 Å². The molecule has 1 aromatic rings. The molecule has 0 saturated heterocycles. The molecular formula is C9H11ClN2O. The van der Waals surface area contributed by atoms with Crippen molar-refractivity contribution in [2.75, 3.05) is 5.32 Å². The van der Waals surface area contributed by atoms with Gasteiger partial charge in [0.15, 0.2) is 0 Å². The summed E-state index contributed by atoms with van der Waals surface area (Å²) >= 11 is 5.36. The molecule has 0 radical (unpaired) electrons. The first-order chi connectivity index (χ1) is 6.22. The Bertz CT molecular complexity index is 301. The molecule has 1 rings (SSSR count). The lowest BCUT2D eigenvalue weighted by atomic mass is 10.2. The summed E-state index contributed by atoms with van der Waals surface area (Å²) in [6, 6.07) is 7.51. The monoisotopic (exact) mass is 198 g/mol. The van der Waals surface area contributed by atoms with Crippen molar-refractivity contribution in [3.63, 3.8) is 0 Å². The predicted molar refractivity (Wildman–Crippen MR) is 53.4 cm³/mol. The third-order valence-electron chi connectivity index (χ3n) is 1.52. The van der Waals surface area contributed by atoms with E-state index in [1.54, 1.807) is 0 Å². The molecule has 0 spiro atoms. The summed E-state index contributed by atoms with van der Waals surface area (Å²) in [6.07, 6.45) is 0. The van der Waals surface area contributed by atoms with Crippen molar-refractivity contribution in [1.82, 2.24) is 4.84 Å². The van der Waals surface area contributed by atoms with Crippen molar-refractivity contribution in [3.05, 3.63) is 29.8 Å². The van der Waals surface area contributed by atoms with E-state index in [1.807, 2.05) is 24.3 Å². The van der Waals surface area contributed by atoms with Crippen LogP contribution in [0.4, 0.5) is 5.69 Å². The van der Waals surface area contributed by atoms with Crippen molar-refractivity contribution in [2.45, 2.75) is 13.5 Å². The number of anilines is 1. The van der Waals surface area contributed by atoms with Crippen LogP contribution in [-0.2, 0) is 11.3 Å². The van der Waals surface area contributed by atoms with Crippen molar-refractivity contribution < 1.29 is 4.79 Å². The highest BCUT2D eigenvalue weighted by molar-refractivity contribution is 6.13. The van der Waals surface area contributed by atoms with E-state index in [1.165, 1.54) is 6.92 Å². The number of nitrogens with one attached hydrogen (secondary N) is 2. The fourth-order valence-electron chi connectivity index (χ4n) is 1.04. The maximum atomic E-state index is 10.7. The number of carbonyl (C=O) groups excluding carboxylic acids is 1. The maximum absolute atomic E-state index is 10.7. The Morgan fingerprint density at radius 1 is 1.54 bits per heavy atom. The van der Waals surface area contributed by atoms with Crippen LogP contribution in [0.3, 0.4) is 0 Å². The Balaban J connectivity index is 2.73. The Hall–Kier alpha value is -1.06. The van der Waals surface area contributed by atoms with Gasteiger partial charge in [-0.1, -0.05) is 12.1 Å². The van der Waals surface area contributed by atoms with Crippen LogP contribution < -0.4 is 10.2 Å². The van der Waals surface area contributed by atoms with Gasteiger partial charge < -0.3 is 5.32 Å². The second-order valence-electron chi connectivity index (χ2n) is 2.69. The van der Waals surface area contributed by atoms with Gasteiger partial charge in [-0.25, -0.2) is 4.84 Å². The number of benzene rings is 1. The fourth-order valence-corrected chi connectivity index (χ4v) is 1.19. The third-order valence-corrected chi connectivity index (χ3v) is 1.65. The second kappa shape index (κ2) is 4.84. The van der Waals surface area contributed by atoms with E-state index < -0.39 is 0 Å². The molecule has 70 valence electrons. The zero-order valence-corrected chi connectivity index (χ0v) is 8.06. The Labute approximate surface area is 82.2 Å². The van der Waals surface area contributed by atoms with Gasteiger partial charge in [0.05, 0.1) is 0 Å². The zero-order valence-electron chi connectivity index (χ0n) is 7.30. The van der Waals surface area contributed by atoms with E-state index >= 15 is 0 Å². The SMILES string of the molecule is CC(=O)Nc1cccc(CNCl)c1. The first-order valence-corrected chi connectivity index (χ1v) is 4.30. The lowest BCUT2D eigenvalue weighted by molar-refractivity contribution is -0.114. The van der Waals surface area contributed by atoms with E-state index in [-0.39, 0.29) is 5.91 Å². The molecule has 0 heterocycles. The summed E-state index contributed by atoms with van der Waals surface area (Å²) in [5.74, 6) is -0.0732. The van der Waals surface area contributed by atoms with E-state index in [4.69, 9.17) is 11.8 Å². The molecule has 1 aromatic carbocycles. The molecule has 13 heavy (non-hydrogen) atoms. The van der Waals surface area contributed by atoms with Crippen molar-refractivity contribution in [3.8, 4) is 0 Å². The molecule has 0 aromatic heterocycles. The minimum Gasteiger partial charge on any atom is -0.326 e. The average Bonchev–Trinajstić information content (AvgIpc) is 2.04. The summed E-state index contributed by atoms with van der Waals surface area (Å²) < 4.78 is 0. The summed E-state index contributed by atoms with van der Waals surface area (Å²) in [5, 5.41) is 2.69. The molecule has 0 atom stereocenters. The minimum absolute atomic E-state index is 0.0732. The van der Waals surface area contributed by atoms with Gasteiger partial charge in [0.1, 0.15) is 0 Å². The topological polar surface area (TPSA) is 41.1 Å². The van der Waals surface area contributed by atoms with Crippen LogP contribution in [0.1, 0.15) is 12.5 Å². The van der Waals surface area contributed by atoms with Crippen LogP contribution in [0, 0.1) is 0 Å². The summed E-state index contributed by atoms with van der Waals surface area (Å²) in [4.78, 5) is 13.3. The van der Waals surface area contributed by atoms with Gasteiger partial charge >= 0.3 is 0 Å². The van der Waals surface area contributed by atoms with Gasteiger partial charge in [0.25, 0.3) is 0 Å². The first kappa shape index (κ1) is 10.0. The van der Waals surface area contributed by atoms with Crippen LogP contribution in [-0.4, -0.2) is 5.91 Å². The molecule has 0 saturated carbocycles. The van der Waals surface area contributed by atoms with Gasteiger partial charge in [-0.15, -0.1) is 0 Å². The first-order valence-electron chi connectivity index (χ1n) is 3.92. The number of hydrogen-bond acceptors (Lipinski definition) is 2. The predicted octanol–water partition coefficient (Wildman–Crippen LogP) is 1.89. The molecule has 4 heteroatoms. The van der Waals surface area contributed by atoms with Gasteiger partial charge in [-0.3, -0.25) is 4.79 Å². The van der Waals surface area contributed by atoms with Crippen LogP contribution in [0.2, 0.25) is 0 Å². The molecule has 3 nitrogen and oxygen atoms in total. The highest BCUT2D eigenvalue weighted by atomic mass is 35.5. The number of halogens is 1. The molecule has 0 fully saturated rings. The maximum Gasteiger partial charge on any atom is 0.221 e. The molecule has 0 aliphatic rings. The van der Waals surface area contributed by atoms with Crippen molar-refractivity contribution in [1.29, 1.82) is 0 Å². The Kier molecular flexibility index (Phi) is 3.73. The molecule has 0 bridgehead atoms. The lowest BCUT2D eigenvalue weighted by Crippen LogP contribution is -2.06. The van der Waals surface area contributed by atoms with E-state index in [0.29, 0.717) is 6.54 Å². The van der Waals surface area contributed by atoms with E-state index in [2.05, 4.69) is 10.2 Å².